The summed E-state index contributed by atoms with van der Waals surface area (Å²) in [5.41, 5.74) is 6.45. The number of anilines is 2. The molecule has 0 radical (unpaired) electrons. The van der Waals surface area contributed by atoms with Crippen LogP contribution in [-0.4, -0.2) is 16.1 Å². The number of aromatic nitrogens is 1. The van der Waals surface area contributed by atoms with E-state index in [1.807, 2.05) is 0 Å². The van der Waals surface area contributed by atoms with E-state index in [9.17, 15) is 9.18 Å². The van der Waals surface area contributed by atoms with Gasteiger partial charge in [-0.25, -0.2) is 14.2 Å². The van der Waals surface area contributed by atoms with Crippen molar-refractivity contribution in [2.75, 3.05) is 11.1 Å². The number of benzene rings is 1. The van der Waals surface area contributed by atoms with Crippen LogP contribution in [0.5, 0.6) is 0 Å². The molecule has 1 heterocycles. The molecule has 0 bridgehead atoms. The third-order valence-electron chi connectivity index (χ3n) is 2.66. The zero-order valence-corrected chi connectivity index (χ0v) is 11.0. The Morgan fingerprint density at radius 1 is 1.45 bits per heavy atom. The van der Waals surface area contributed by atoms with Crippen molar-refractivity contribution in [3.05, 3.63) is 52.4 Å². The smallest absolute Gasteiger partial charge is 0.337 e. The number of halogens is 2. The van der Waals surface area contributed by atoms with Crippen LogP contribution in [0, 0.1) is 5.82 Å². The minimum atomic E-state index is -1.13. The summed E-state index contributed by atoms with van der Waals surface area (Å²) in [7, 11) is 0. The average molecular weight is 296 g/mol. The minimum absolute atomic E-state index is 0.0181. The van der Waals surface area contributed by atoms with Gasteiger partial charge in [0.2, 0.25) is 0 Å². The molecule has 0 atom stereocenters. The molecular weight excluding hydrogens is 285 g/mol. The van der Waals surface area contributed by atoms with Crippen molar-refractivity contribution in [2.45, 2.75) is 6.54 Å². The monoisotopic (exact) mass is 295 g/mol. The Morgan fingerprint density at radius 2 is 2.20 bits per heavy atom. The number of nitrogens with two attached hydrogens (primary N) is 1. The summed E-state index contributed by atoms with van der Waals surface area (Å²) in [6, 6.07) is 5.61. The quantitative estimate of drug-likeness (QED) is 0.807. The van der Waals surface area contributed by atoms with E-state index in [4.69, 9.17) is 22.4 Å². The van der Waals surface area contributed by atoms with Crippen LogP contribution in [0.25, 0.3) is 0 Å². The summed E-state index contributed by atoms with van der Waals surface area (Å²) in [5, 5.41) is 11.9. The third-order valence-corrected chi connectivity index (χ3v) is 2.95. The Balaban J connectivity index is 2.17. The number of pyridine rings is 1. The second kappa shape index (κ2) is 5.75. The van der Waals surface area contributed by atoms with Crippen molar-refractivity contribution < 1.29 is 14.3 Å². The van der Waals surface area contributed by atoms with Crippen LogP contribution in [0.1, 0.15) is 15.9 Å². The molecule has 0 aliphatic heterocycles. The number of nitrogen functional groups attached to an aromatic ring is 1. The zero-order chi connectivity index (χ0) is 14.7. The molecule has 2 rings (SSSR count). The summed E-state index contributed by atoms with van der Waals surface area (Å²) < 4.78 is 13.0. The lowest BCUT2D eigenvalue weighted by molar-refractivity contribution is 0.0698. The average Bonchev–Trinajstić information content (AvgIpc) is 2.41. The van der Waals surface area contributed by atoms with E-state index in [2.05, 4.69) is 10.3 Å². The maximum absolute atomic E-state index is 13.0. The summed E-state index contributed by atoms with van der Waals surface area (Å²) in [6.07, 6.45) is 1.35. The van der Waals surface area contributed by atoms with E-state index in [0.717, 1.165) is 5.56 Å². The fourth-order valence-corrected chi connectivity index (χ4v) is 1.84. The number of nitrogens with one attached hydrogen (secondary N) is 1. The molecule has 0 unspecified atom stereocenters. The van der Waals surface area contributed by atoms with E-state index in [-0.39, 0.29) is 22.1 Å². The van der Waals surface area contributed by atoms with E-state index < -0.39 is 11.8 Å². The lowest BCUT2D eigenvalue weighted by Crippen LogP contribution is -2.09. The van der Waals surface area contributed by atoms with Gasteiger partial charge in [0.15, 0.2) is 0 Å². The van der Waals surface area contributed by atoms with Crippen molar-refractivity contribution in [1.29, 1.82) is 0 Å². The molecule has 4 N–H and O–H groups in total. The van der Waals surface area contributed by atoms with Crippen molar-refractivity contribution in [2.24, 2.45) is 0 Å². The van der Waals surface area contributed by atoms with E-state index in [0.29, 0.717) is 6.54 Å². The molecule has 2 aromatic rings. The molecule has 1 aromatic carbocycles. The highest BCUT2D eigenvalue weighted by atomic mass is 35.5. The number of aromatic carboxylic acids is 1. The molecule has 0 fully saturated rings. The Bertz CT molecular complexity index is 664. The Kier molecular flexibility index (Phi) is 4.05. The number of carboxylic acids is 1. The molecule has 5 nitrogen and oxygen atoms in total. The number of hydrogen-bond donors (Lipinski definition) is 3. The number of nitrogens with zero attached hydrogens (tertiary/aromatic N) is 1. The number of rotatable bonds is 4. The van der Waals surface area contributed by atoms with Gasteiger partial charge in [0.25, 0.3) is 0 Å². The fraction of sp³-hybridized carbons (Fsp3) is 0.0769. The topological polar surface area (TPSA) is 88.2 Å². The predicted octanol–water partition coefficient (Wildman–Crippen LogP) is 2.77. The maximum atomic E-state index is 13.0. The van der Waals surface area contributed by atoms with Gasteiger partial charge < -0.3 is 16.2 Å². The van der Waals surface area contributed by atoms with Crippen molar-refractivity contribution in [3.8, 4) is 0 Å². The van der Waals surface area contributed by atoms with E-state index in [1.54, 1.807) is 6.07 Å². The summed E-state index contributed by atoms with van der Waals surface area (Å²) in [4.78, 5) is 14.9. The fourth-order valence-electron chi connectivity index (χ4n) is 1.64. The van der Waals surface area contributed by atoms with Crippen molar-refractivity contribution >= 4 is 29.1 Å². The molecule has 0 aliphatic rings. The second-order valence-corrected chi connectivity index (χ2v) is 4.44. The van der Waals surface area contributed by atoms with Crippen molar-refractivity contribution in [1.82, 2.24) is 4.98 Å². The highest BCUT2D eigenvalue weighted by molar-refractivity contribution is 6.30. The number of carbonyl (C=O) groups is 1. The van der Waals surface area contributed by atoms with Gasteiger partial charge >= 0.3 is 5.97 Å². The third kappa shape index (κ3) is 2.97. The van der Waals surface area contributed by atoms with Gasteiger partial charge in [-0.1, -0.05) is 17.7 Å². The van der Waals surface area contributed by atoms with Gasteiger partial charge in [-0.05, 0) is 23.8 Å². The zero-order valence-electron chi connectivity index (χ0n) is 10.2. The van der Waals surface area contributed by atoms with Crippen LogP contribution >= 0.6 is 11.6 Å². The first-order chi connectivity index (χ1) is 9.49. The first kappa shape index (κ1) is 14.1. The van der Waals surface area contributed by atoms with Gasteiger partial charge in [-0.15, -0.1) is 0 Å². The van der Waals surface area contributed by atoms with Gasteiger partial charge in [-0.3, -0.25) is 0 Å². The standard InChI is InChI=1S/C13H11ClFN3O2/c14-9-5-7(1-2-10(9)15)6-18-12-11(16)8(13(19)20)3-4-17-12/h1-5H,6,16H2,(H,17,18)(H,19,20). The molecule has 1 aromatic heterocycles. The normalized spacial score (nSPS) is 10.3. The highest BCUT2D eigenvalue weighted by Crippen LogP contribution is 2.21. The van der Waals surface area contributed by atoms with Crippen LogP contribution in [0.4, 0.5) is 15.9 Å². The minimum Gasteiger partial charge on any atom is -0.478 e. The molecule has 0 saturated carbocycles. The highest BCUT2D eigenvalue weighted by Gasteiger charge is 2.12. The van der Waals surface area contributed by atoms with Crippen LogP contribution in [0.15, 0.2) is 30.5 Å². The molecule has 0 saturated heterocycles. The summed E-state index contributed by atoms with van der Waals surface area (Å²) >= 11 is 5.67. The molecule has 0 amide bonds. The van der Waals surface area contributed by atoms with Crippen LogP contribution in [0.2, 0.25) is 5.02 Å². The van der Waals surface area contributed by atoms with Crippen LogP contribution < -0.4 is 11.1 Å². The molecule has 0 aliphatic carbocycles. The first-order valence-electron chi connectivity index (χ1n) is 5.64. The van der Waals surface area contributed by atoms with Gasteiger partial charge in [0.05, 0.1) is 16.3 Å². The molecule has 7 heteroatoms. The van der Waals surface area contributed by atoms with Crippen LogP contribution in [0.3, 0.4) is 0 Å². The Labute approximate surface area is 119 Å². The second-order valence-electron chi connectivity index (χ2n) is 4.03. The molecular formula is C13H11ClFN3O2. The van der Waals surface area contributed by atoms with Crippen molar-refractivity contribution in [3.63, 3.8) is 0 Å². The van der Waals surface area contributed by atoms with Gasteiger partial charge in [0.1, 0.15) is 11.6 Å². The largest absolute Gasteiger partial charge is 0.478 e. The Morgan fingerprint density at radius 3 is 2.85 bits per heavy atom. The van der Waals surface area contributed by atoms with Crippen LogP contribution in [-0.2, 0) is 6.54 Å². The lowest BCUT2D eigenvalue weighted by Gasteiger charge is -2.10. The van der Waals surface area contributed by atoms with E-state index >= 15 is 0 Å². The Hall–Kier alpha value is -2.34. The predicted molar refractivity (Wildman–Crippen MR) is 74.3 cm³/mol. The molecule has 20 heavy (non-hydrogen) atoms. The number of carboxylic acid groups (broad SMARTS) is 1. The van der Waals surface area contributed by atoms with Gasteiger partial charge in [-0.2, -0.15) is 0 Å². The summed E-state index contributed by atoms with van der Waals surface area (Å²) in [5.74, 6) is -1.37. The lowest BCUT2D eigenvalue weighted by atomic mass is 10.2. The first-order valence-corrected chi connectivity index (χ1v) is 6.02. The van der Waals surface area contributed by atoms with E-state index in [1.165, 1.54) is 24.4 Å². The summed E-state index contributed by atoms with van der Waals surface area (Å²) in [6.45, 7) is 0.292. The SMILES string of the molecule is Nc1c(C(=O)O)ccnc1NCc1ccc(F)c(Cl)c1. The molecule has 104 valence electrons. The van der Waals surface area contributed by atoms with Gasteiger partial charge in [0, 0.05) is 12.7 Å². The molecule has 0 spiro atoms. The maximum Gasteiger partial charge on any atom is 0.337 e. The number of hydrogen-bond acceptors (Lipinski definition) is 4.